The lowest BCUT2D eigenvalue weighted by Gasteiger charge is -2.32. The molecule has 0 radical (unpaired) electrons. The van der Waals surface area contributed by atoms with Crippen molar-refractivity contribution in [2.24, 2.45) is 0 Å². The van der Waals surface area contributed by atoms with Gasteiger partial charge in [0.25, 0.3) is 0 Å². The van der Waals surface area contributed by atoms with Crippen molar-refractivity contribution in [3.63, 3.8) is 0 Å². The van der Waals surface area contributed by atoms with Crippen LogP contribution in [0.1, 0.15) is 33.5 Å². The molecule has 6 rings (SSSR count). The van der Waals surface area contributed by atoms with E-state index in [1.807, 2.05) is 60.8 Å². The molecular weight excluding hydrogens is 476 g/mol. The van der Waals surface area contributed by atoms with Crippen molar-refractivity contribution < 1.29 is 4.79 Å². The van der Waals surface area contributed by atoms with Crippen molar-refractivity contribution in [3.8, 4) is 11.3 Å². The fraction of sp³-hybridized carbons (Fsp3) is 0.0833. The monoisotopic (exact) mass is 504 g/mol. The Morgan fingerprint density at radius 2 is 1.49 bits per heavy atom. The number of hydrogen-bond donors (Lipinski definition) is 0. The van der Waals surface area contributed by atoms with E-state index in [1.165, 1.54) is 16.7 Å². The molecule has 5 aromatic rings. The number of ketones is 1. The second-order valence-corrected chi connectivity index (χ2v) is 10.0. The normalized spacial score (nSPS) is 16.9. The average Bonchev–Trinajstić information content (AvgIpc) is 3.00. The molecule has 1 unspecified atom stereocenters. The molecule has 1 atom stereocenters. The third kappa shape index (κ3) is 5.12. The number of rotatable bonds is 6. The predicted octanol–water partition coefficient (Wildman–Crippen LogP) is 8.33. The molecule has 188 valence electrons. The Labute approximate surface area is 228 Å². The molecule has 0 fully saturated rings. The van der Waals surface area contributed by atoms with E-state index in [-0.39, 0.29) is 5.78 Å². The van der Waals surface area contributed by atoms with Crippen LogP contribution >= 0.6 is 0 Å². The lowest BCUT2D eigenvalue weighted by atomic mass is 9.71. The van der Waals surface area contributed by atoms with E-state index in [2.05, 4.69) is 84.7 Å². The first kappa shape index (κ1) is 24.4. The van der Waals surface area contributed by atoms with Gasteiger partial charge in [0.2, 0.25) is 0 Å². The summed E-state index contributed by atoms with van der Waals surface area (Å²) in [5.41, 5.74) is 8.60. The Bertz CT molecular complexity index is 1730. The Morgan fingerprint density at radius 3 is 2.26 bits per heavy atom. The minimum Gasteiger partial charge on any atom is -0.289 e. The molecule has 0 spiro atoms. The predicted molar refractivity (Wildman–Crippen MR) is 159 cm³/mol. The van der Waals surface area contributed by atoms with Gasteiger partial charge < -0.3 is 0 Å². The van der Waals surface area contributed by atoms with Crippen LogP contribution in [0.15, 0.2) is 140 Å². The van der Waals surface area contributed by atoms with E-state index in [9.17, 15) is 4.79 Å². The smallest absolute Gasteiger partial charge is 0.185 e. The van der Waals surface area contributed by atoms with Crippen molar-refractivity contribution >= 4 is 22.4 Å². The third-order valence-corrected chi connectivity index (χ3v) is 7.35. The van der Waals surface area contributed by atoms with Crippen LogP contribution in [0.2, 0.25) is 0 Å². The van der Waals surface area contributed by atoms with Crippen LogP contribution in [-0.4, -0.2) is 15.8 Å². The van der Waals surface area contributed by atoms with E-state index in [1.54, 1.807) is 6.08 Å². The zero-order chi connectivity index (χ0) is 26.7. The van der Waals surface area contributed by atoms with Gasteiger partial charge in [-0.3, -0.25) is 9.78 Å². The van der Waals surface area contributed by atoms with Gasteiger partial charge in [0.1, 0.15) is 0 Å². The molecule has 0 amide bonds. The highest BCUT2D eigenvalue weighted by Gasteiger charge is 2.30. The molecule has 39 heavy (non-hydrogen) atoms. The number of hydrogen-bond acceptors (Lipinski definition) is 3. The molecule has 0 saturated carbocycles. The zero-order valence-electron chi connectivity index (χ0n) is 21.8. The molecule has 4 aromatic carbocycles. The fourth-order valence-electron chi connectivity index (χ4n) is 5.11. The molecule has 0 aliphatic heterocycles. The van der Waals surface area contributed by atoms with Crippen LogP contribution in [0.25, 0.3) is 27.9 Å². The van der Waals surface area contributed by atoms with Crippen molar-refractivity contribution in [2.75, 3.05) is 0 Å². The maximum Gasteiger partial charge on any atom is 0.185 e. The number of carbonyl (C=O) groups is 1. The van der Waals surface area contributed by atoms with Gasteiger partial charge in [-0.05, 0) is 48.3 Å². The maximum atomic E-state index is 13.1. The van der Waals surface area contributed by atoms with Gasteiger partial charge in [0, 0.05) is 16.5 Å². The average molecular weight is 505 g/mol. The van der Waals surface area contributed by atoms with Crippen LogP contribution in [0.5, 0.6) is 0 Å². The van der Waals surface area contributed by atoms with Crippen LogP contribution < -0.4 is 0 Å². The highest BCUT2D eigenvalue weighted by atomic mass is 16.1. The van der Waals surface area contributed by atoms with Gasteiger partial charge in [0.15, 0.2) is 5.78 Å². The second-order valence-electron chi connectivity index (χ2n) is 10.0. The molecular formula is C36H28N2O. The summed E-state index contributed by atoms with van der Waals surface area (Å²) in [6, 6.07) is 34.4. The summed E-state index contributed by atoms with van der Waals surface area (Å²) < 4.78 is 0. The first-order valence-electron chi connectivity index (χ1n) is 13.2. The molecule has 0 N–H and O–H groups in total. The summed E-state index contributed by atoms with van der Waals surface area (Å²) in [5.74, 6) is -0.00197. The third-order valence-electron chi connectivity index (χ3n) is 7.35. The SMILES string of the molecule is Cc1ccc(C2=CC=CC(C=CC(=O)c3ccccc3)(c3ccc(-c4cnc5ccccc5n4)cc3)C2)cc1. The van der Waals surface area contributed by atoms with E-state index >= 15 is 0 Å². The minimum absolute atomic E-state index is 0.00197. The summed E-state index contributed by atoms with van der Waals surface area (Å²) in [6.45, 7) is 2.10. The topological polar surface area (TPSA) is 42.9 Å². The van der Waals surface area contributed by atoms with Crippen molar-refractivity contribution in [1.82, 2.24) is 9.97 Å². The summed E-state index contributed by atoms with van der Waals surface area (Å²) in [6.07, 6.45) is 12.8. The number of allylic oxidation sites excluding steroid dienone is 6. The first-order chi connectivity index (χ1) is 19.1. The largest absolute Gasteiger partial charge is 0.289 e. The van der Waals surface area contributed by atoms with Crippen LogP contribution in [0, 0.1) is 6.92 Å². The summed E-state index contributed by atoms with van der Waals surface area (Å²) in [7, 11) is 0. The van der Waals surface area contributed by atoms with Gasteiger partial charge in [-0.2, -0.15) is 0 Å². The zero-order valence-corrected chi connectivity index (χ0v) is 21.8. The van der Waals surface area contributed by atoms with Crippen molar-refractivity contribution in [2.45, 2.75) is 18.8 Å². The van der Waals surface area contributed by atoms with Gasteiger partial charge in [-0.15, -0.1) is 0 Å². The van der Waals surface area contributed by atoms with Crippen molar-refractivity contribution in [3.05, 3.63) is 162 Å². The van der Waals surface area contributed by atoms with Gasteiger partial charge in [0.05, 0.1) is 22.9 Å². The Morgan fingerprint density at radius 1 is 0.795 bits per heavy atom. The Kier molecular flexibility index (Phi) is 6.56. The summed E-state index contributed by atoms with van der Waals surface area (Å²) >= 11 is 0. The van der Waals surface area contributed by atoms with Gasteiger partial charge >= 0.3 is 0 Å². The summed E-state index contributed by atoms with van der Waals surface area (Å²) in [4.78, 5) is 22.4. The molecule has 3 heteroatoms. The molecule has 1 heterocycles. The van der Waals surface area contributed by atoms with Crippen molar-refractivity contribution in [1.29, 1.82) is 0 Å². The second kappa shape index (κ2) is 10.5. The maximum absolute atomic E-state index is 13.1. The van der Waals surface area contributed by atoms with Crippen LogP contribution in [-0.2, 0) is 5.41 Å². The quantitative estimate of drug-likeness (QED) is 0.172. The molecule has 0 saturated heterocycles. The summed E-state index contributed by atoms with van der Waals surface area (Å²) in [5, 5.41) is 0. The highest BCUT2D eigenvalue weighted by Crippen LogP contribution is 2.41. The number of benzene rings is 4. The van der Waals surface area contributed by atoms with Crippen LogP contribution in [0.4, 0.5) is 0 Å². The number of nitrogens with zero attached hydrogens (tertiary/aromatic N) is 2. The number of fused-ring (bicyclic) bond motifs is 1. The van der Waals surface area contributed by atoms with Crippen LogP contribution in [0.3, 0.4) is 0 Å². The minimum atomic E-state index is -0.465. The van der Waals surface area contributed by atoms with E-state index in [4.69, 9.17) is 4.98 Å². The van der Waals surface area contributed by atoms with Gasteiger partial charge in [-0.25, -0.2) is 4.98 Å². The molecule has 0 bridgehead atoms. The lowest BCUT2D eigenvalue weighted by molar-refractivity contribution is 0.104. The Hall–Kier alpha value is -4.89. The van der Waals surface area contributed by atoms with E-state index < -0.39 is 5.41 Å². The fourth-order valence-corrected chi connectivity index (χ4v) is 5.11. The molecule has 3 nitrogen and oxygen atoms in total. The number of aryl methyl sites for hydroxylation is 1. The molecule has 1 aromatic heterocycles. The number of para-hydroxylation sites is 2. The van der Waals surface area contributed by atoms with E-state index in [0.29, 0.717) is 5.56 Å². The number of carbonyl (C=O) groups excluding carboxylic acids is 1. The lowest BCUT2D eigenvalue weighted by Crippen LogP contribution is -2.23. The van der Waals surface area contributed by atoms with E-state index in [0.717, 1.165) is 34.3 Å². The Balaban J connectivity index is 1.37. The first-order valence-corrected chi connectivity index (χ1v) is 13.2. The number of aromatic nitrogens is 2. The highest BCUT2D eigenvalue weighted by molar-refractivity contribution is 6.04. The molecule has 1 aliphatic carbocycles. The van der Waals surface area contributed by atoms with Gasteiger partial charge in [-0.1, -0.05) is 121 Å². The molecule has 1 aliphatic rings. The standard InChI is InChI=1S/C36H28N2O/c1-26-13-15-27(16-14-26)30-10-7-22-36(24-30,23-21-35(39)29-8-3-2-4-9-29)31-19-17-28(18-20-31)34-25-37-32-11-5-6-12-33(32)38-34/h2-23,25H,24H2,1H3.